The Labute approximate surface area is 164 Å². The summed E-state index contributed by atoms with van der Waals surface area (Å²) in [5.41, 5.74) is 0.785. The maximum atomic E-state index is 14.2. The maximum absolute atomic E-state index is 14.2. The number of hydrogen-bond acceptors (Lipinski definition) is 3. The molecule has 0 atom stereocenters. The molecule has 4 aromatic rings. The normalized spacial score (nSPS) is 11.1. The van der Waals surface area contributed by atoms with Crippen LogP contribution >= 0.6 is 7.14 Å². The minimum atomic E-state index is -3.34. The molecule has 0 fully saturated rings. The van der Waals surface area contributed by atoms with Crippen molar-refractivity contribution in [2.75, 3.05) is 0 Å². The fourth-order valence-electron chi connectivity index (χ4n) is 2.98. The number of hydrogen-bond donors (Lipinski definition) is 0. The van der Waals surface area contributed by atoms with E-state index in [1.165, 1.54) is 6.07 Å². The molecule has 0 aliphatic carbocycles. The van der Waals surface area contributed by atoms with Crippen LogP contribution in [0.25, 0.3) is 10.9 Å². The van der Waals surface area contributed by atoms with Crippen molar-refractivity contribution < 1.29 is 28.5 Å². The molecule has 3 aromatic carbocycles. The molecule has 5 heteroatoms. The Morgan fingerprint density at radius 1 is 0.731 bits per heavy atom. The standard InChI is InChI=1S/C21H16NO2P.Li/c23-20-15-16-9-7-8-14-19(16)22-21(20)25(24,17-10-3-1-4-11-17)18-12-5-2-6-13-18;/h1-15,23H;/q;+1/p-1. The average Bonchev–Trinajstić information content (AvgIpc) is 2.68. The van der Waals surface area contributed by atoms with Crippen LogP contribution < -0.4 is 40.0 Å². The van der Waals surface area contributed by atoms with E-state index < -0.39 is 7.14 Å². The van der Waals surface area contributed by atoms with Crippen molar-refractivity contribution in [2.24, 2.45) is 0 Å². The summed E-state index contributed by atoms with van der Waals surface area (Å²) in [6.07, 6.45) is 0. The summed E-state index contributed by atoms with van der Waals surface area (Å²) in [7, 11) is -3.34. The Morgan fingerprint density at radius 3 is 1.81 bits per heavy atom. The third kappa shape index (κ3) is 3.11. The molecule has 26 heavy (non-hydrogen) atoms. The van der Waals surface area contributed by atoms with Crippen molar-refractivity contribution in [1.82, 2.24) is 4.98 Å². The molecule has 122 valence electrons. The zero-order valence-electron chi connectivity index (χ0n) is 14.4. The molecule has 1 heterocycles. The van der Waals surface area contributed by atoms with Crippen molar-refractivity contribution in [3.63, 3.8) is 0 Å². The van der Waals surface area contributed by atoms with E-state index in [1.54, 1.807) is 24.3 Å². The molecular weight excluding hydrogens is 336 g/mol. The summed E-state index contributed by atoms with van der Waals surface area (Å²) in [4.78, 5) is 4.52. The molecule has 0 saturated carbocycles. The van der Waals surface area contributed by atoms with Crippen LogP contribution in [0, 0.1) is 0 Å². The van der Waals surface area contributed by atoms with Gasteiger partial charge in [-0.1, -0.05) is 90.7 Å². The van der Waals surface area contributed by atoms with Gasteiger partial charge in [-0.05, 0) is 11.5 Å². The van der Waals surface area contributed by atoms with E-state index in [9.17, 15) is 9.67 Å². The van der Waals surface area contributed by atoms with E-state index >= 15 is 0 Å². The van der Waals surface area contributed by atoms with Crippen molar-refractivity contribution in [1.29, 1.82) is 0 Å². The van der Waals surface area contributed by atoms with Crippen LogP contribution in [0.1, 0.15) is 0 Å². The molecule has 0 unspecified atom stereocenters. The van der Waals surface area contributed by atoms with Gasteiger partial charge in [0.25, 0.3) is 0 Å². The second kappa shape index (κ2) is 7.52. The first kappa shape index (κ1) is 18.5. The van der Waals surface area contributed by atoms with Gasteiger partial charge in [-0.25, -0.2) is 4.98 Å². The monoisotopic (exact) mass is 351 g/mol. The average molecular weight is 351 g/mol. The van der Waals surface area contributed by atoms with Gasteiger partial charge in [0.1, 0.15) is 5.44 Å². The van der Waals surface area contributed by atoms with Gasteiger partial charge in [0, 0.05) is 10.6 Å². The molecule has 0 spiro atoms. The zero-order valence-corrected chi connectivity index (χ0v) is 15.3. The van der Waals surface area contributed by atoms with Crippen molar-refractivity contribution in [3.05, 3.63) is 91.0 Å². The third-order valence-electron chi connectivity index (χ3n) is 4.21. The molecule has 0 aliphatic heterocycles. The van der Waals surface area contributed by atoms with Crippen LogP contribution in [0.2, 0.25) is 0 Å². The van der Waals surface area contributed by atoms with Gasteiger partial charge in [0.05, 0.1) is 5.52 Å². The third-order valence-corrected chi connectivity index (χ3v) is 7.18. The first-order valence-electron chi connectivity index (χ1n) is 7.98. The van der Waals surface area contributed by atoms with E-state index in [1.807, 2.05) is 60.7 Å². The Kier molecular flexibility index (Phi) is 5.35. The molecule has 4 rings (SSSR count). The van der Waals surface area contributed by atoms with Gasteiger partial charge in [0.2, 0.25) is 0 Å². The molecule has 0 radical (unpaired) electrons. The quantitative estimate of drug-likeness (QED) is 0.384. The van der Waals surface area contributed by atoms with Crippen molar-refractivity contribution in [2.45, 2.75) is 0 Å². The number of para-hydroxylation sites is 1. The van der Waals surface area contributed by atoms with E-state index in [4.69, 9.17) is 0 Å². The second-order valence-electron chi connectivity index (χ2n) is 5.78. The summed E-state index contributed by atoms with van der Waals surface area (Å²) in [5, 5.41) is 14.8. The molecule has 0 amide bonds. The number of fused-ring (bicyclic) bond motifs is 1. The van der Waals surface area contributed by atoms with Gasteiger partial charge < -0.3 is 9.67 Å². The van der Waals surface area contributed by atoms with Gasteiger partial charge >= 0.3 is 18.9 Å². The van der Waals surface area contributed by atoms with Crippen LogP contribution in [-0.4, -0.2) is 4.98 Å². The SMILES string of the molecule is O=P(c1ccccc1)(c1ccccc1)c1nc2ccccc2cc1[O-].[Li+]. The number of rotatable bonds is 3. The van der Waals surface area contributed by atoms with Crippen LogP contribution in [0.3, 0.4) is 0 Å². The predicted molar refractivity (Wildman–Crippen MR) is 101 cm³/mol. The van der Waals surface area contributed by atoms with Gasteiger partial charge in [-0.3, -0.25) is 0 Å². The Bertz CT molecular complexity index is 1040. The fraction of sp³-hybridized carbons (Fsp3) is 0. The van der Waals surface area contributed by atoms with Crippen molar-refractivity contribution >= 4 is 34.1 Å². The largest absolute Gasteiger partial charge is 1.00 e. The summed E-state index contributed by atoms with van der Waals surface area (Å²) >= 11 is 0. The summed E-state index contributed by atoms with van der Waals surface area (Å²) in [6, 6.07) is 27.1. The van der Waals surface area contributed by atoms with E-state index in [-0.39, 0.29) is 30.0 Å². The Morgan fingerprint density at radius 2 is 1.23 bits per heavy atom. The number of pyridine rings is 1. The molecule has 0 saturated heterocycles. The molecule has 0 bridgehead atoms. The fourth-order valence-corrected chi connectivity index (χ4v) is 5.58. The number of aromatic nitrogens is 1. The van der Waals surface area contributed by atoms with Crippen molar-refractivity contribution in [3.8, 4) is 5.75 Å². The van der Waals surface area contributed by atoms with Crippen LogP contribution in [0.5, 0.6) is 5.75 Å². The smallest absolute Gasteiger partial charge is 0.871 e. The Balaban J connectivity index is 0.00000196. The number of nitrogens with zero attached hydrogens (tertiary/aromatic N) is 1. The molecule has 0 aliphatic rings. The number of benzene rings is 3. The van der Waals surface area contributed by atoms with E-state index in [0.717, 1.165) is 5.39 Å². The van der Waals surface area contributed by atoms with Crippen LogP contribution in [-0.2, 0) is 4.57 Å². The first-order chi connectivity index (χ1) is 12.2. The Hall–Kier alpha value is -2.30. The zero-order chi connectivity index (χ0) is 17.3. The van der Waals surface area contributed by atoms with Crippen LogP contribution in [0.15, 0.2) is 91.0 Å². The summed E-state index contributed by atoms with van der Waals surface area (Å²) in [6.45, 7) is 0. The van der Waals surface area contributed by atoms with E-state index in [2.05, 4.69) is 4.98 Å². The first-order valence-corrected chi connectivity index (χ1v) is 9.69. The van der Waals surface area contributed by atoms with E-state index in [0.29, 0.717) is 16.1 Å². The molecular formula is C21H15LiNO2P. The summed E-state index contributed by atoms with van der Waals surface area (Å²) < 4.78 is 14.2. The van der Waals surface area contributed by atoms with Gasteiger partial charge in [0.15, 0.2) is 7.14 Å². The van der Waals surface area contributed by atoms with Gasteiger partial charge in [-0.2, -0.15) is 0 Å². The second-order valence-corrected chi connectivity index (χ2v) is 8.46. The maximum Gasteiger partial charge on any atom is 1.00 e. The minimum Gasteiger partial charge on any atom is -0.871 e. The summed E-state index contributed by atoms with van der Waals surface area (Å²) in [5.74, 6) is -0.297. The molecule has 1 aromatic heterocycles. The minimum absolute atomic E-state index is 0. The predicted octanol–water partition coefficient (Wildman–Crippen LogP) is -0.0482. The molecule has 0 N–H and O–H groups in total. The van der Waals surface area contributed by atoms with Gasteiger partial charge in [-0.15, -0.1) is 0 Å². The topological polar surface area (TPSA) is 53.0 Å². The molecule has 3 nitrogen and oxygen atoms in total. The van der Waals surface area contributed by atoms with Crippen LogP contribution in [0.4, 0.5) is 0 Å².